The van der Waals surface area contributed by atoms with E-state index in [1.165, 1.54) is 11.5 Å². The number of aromatic nitrogens is 1. The second-order valence-electron chi connectivity index (χ2n) is 3.57. The van der Waals surface area contributed by atoms with Gasteiger partial charge < -0.3 is 15.4 Å². The summed E-state index contributed by atoms with van der Waals surface area (Å²) in [6, 6.07) is 1.93. The molecule has 78 valence electrons. The molecular weight excluding hydrogens is 198 g/mol. The third kappa shape index (κ3) is 2.16. The van der Waals surface area contributed by atoms with Crippen molar-refractivity contribution in [3.05, 3.63) is 6.07 Å². The van der Waals surface area contributed by atoms with Crippen LogP contribution in [0.3, 0.4) is 0 Å². The van der Waals surface area contributed by atoms with Gasteiger partial charge in [0.15, 0.2) is 0 Å². The van der Waals surface area contributed by atoms with E-state index in [9.17, 15) is 0 Å². The quantitative estimate of drug-likeness (QED) is 0.765. The number of ether oxygens (including phenoxy) is 1. The van der Waals surface area contributed by atoms with Crippen LogP contribution in [0.5, 0.6) is 0 Å². The first-order valence-electron chi connectivity index (χ1n) is 4.84. The van der Waals surface area contributed by atoms with Gasteiger partial charge in [0, 0.05) is 25.8 Å². The molecule has 1 aliphatic rings. The van der Waals surface area contributed by atoms with Crippen molar-refractivity contribution in [2.45, 2.75) is 19.4 Å². The van der Waals surface area contributed by atoms with E-state index in [4.69, 9.17) is 10.5 Å². The zero-order valence-corrected chi connectivity index (χ0v) is 9.09. The van der Waals surface area contributed by atoms with Gasteiger partial charge >= 0.3 is 0 Å². The van der Waals surface area contributed by atoms with Gasteiger partial charge in [-0.05, 0) is 24.9 Å². The minimum atomic E-state index is 0.292. The molecular formula is C9H15N3OS. The summed E-state index contributed by atoms with van der Waals surface area (Å²) < 4.78 is 9.66. The Morgan fingerprint density at radius 3 is 3.29 bits per heavy atom. The van der Waals surface area contributed by atoms with E-state index in [1.807, 2.05) is 6.07 Å². The smallest absolute Gasteiger partial charge is 0.139 e. The second kappa shape index (κ2) is 4.14. The van der Waals surface area contributed by atoms with E-state index < -0.39 is 0 Å². The topological polar surface area (TPSA) is 51.4 Å². The number of nitrogen functional groups attached to an aromatic ring is 1. The van der Waals surface area contributed by atoms with E-state index in [0.717, 1.165) is 31.1 Å². The number of nitrogens with two attached hydrogens (primary N) is 1. The lowest BCUT2D eigenvalue weighted by Gasteiger charge is -2.21. The van der Waals surface area contributed by atoms with Crippen molar-refractivity contribution in [2.24, 2.45) is 0 Å². The van der Waals surface area contributed by atoms with Gasteiger partial charge in [0.25, 0.3) is 0 Å². The van der Waals surface area contributed by atoms with Gasteiger partial charge in [0.05, 0.1) is 6.10 Å². The molecule has 0 spiro atoms. The Morgan fingerprint density at radius 1 is 1.71 bits per heavy atom. The number of nitrogens with zero attached hydrogens (tertiary/aromatic N) is 2. The monoisotopic (exact) mass is 213 g/mol. The van der Waals surface area contributed by atoms with Crippen molar-refractivity contribution in [3.63, 3.8) is 0 Å². The molecule has 2 N–H and O–H groups in total. The molecule has 0 bridgehead atoms. The highest BCUT2D eigenvalue weighted by atomic mass is 32.1. The first-order valence-corrected chi connectivity index (χ1v) is 5.62. The summed E-state index contributed by atoms with van der Waals surface area (Å²) in [4.78, 5) is 2.30. The van der Waals surface area contributed by atoms with Crippen LogP contribution in [0, 0.1) is 0 Å². The van der Waals surface area contributed by atoms with E-state index in [1.54, 1.807) is 0 Å². The van der Waals surface area contributed by atoms with E-state index in [-0.39, 0.29) is 0 Å². The van der Waals surface area contributed by atoms with Gasteiger partial charge in [-0.3, -0.25) is 0 Å². The highest BCUT2D eigenvalue weighted by molar-refractivity contribution is 7.10. The Hall–Kier alpha value is -0.810. The lowest BCUT2D eigenvalue weighted by Crippen LogP contribution is -2.29. The predicted octanol–water partition coefficient (Wildman–Crippen LogP) is 1.34. The standard InChI is InChI=1S/C9H15N3OS/c1-7-6-12(3-2-4-13-7)9-5-8(10)11-14-9/h5,7H,2-4,6H2,1H3,(H2,10,11). The highest BCUT2D eigenvalue weighted by Crippen LogP contribution is 2.24. The summed E-state index contributed by atoms with van der Waals surface area (Å²) in [7, 11) is 0. The van der Waals surface area contributed by atoms with Crippen LogP contribution in [0.4, 0.5) is 10.8 Å². The van der Waals surface area contributed by atoms with Gasteiger partial charge in [-0.25, -0.2) is 0 Å². The average Bonchev–Trinajstić information content (AvgIpc) is 2.45. The molecule has 0 saturated carbocycles. The summed E-state index contributed by atoms with van der Waals surface area (Å²) in [6.07, 6.45) is 1.36. The number of hydrogen-bond donors (Lipinski definition) is 1. The van der Waals surface area contributed by atoms with Crippen molar-refractivity contribution in [2.75, 3.05) is 30.3 Å². The lowest BCUT2D eigenvalue weighted by atomic mass is 10.3. The molecule has 5 heteroatoms. The normalized spacial score (nSPS) is 23.5. The second-order valence-corrected chi connectivity index (χ2v) is 4.35. The molecule has 2 rings (SSSR count). The molecule has 1 aliphatic heterocycles. The van der Waals surface area contributed by atoms with Gasteiger partial charge in [-0.1, -0.05) is 0 Å². The maximum absolute atomic E-state index is 5.60. The molecule has 14 heavy (non-hydrogen) atoms. The third-order valence-electron chi connectivity index (χ3n) is 2.28. The van der Waals surface area contributed by atoms with Crippen molar-refractivity contribution in [1.29, 1.82) is 0 Å². The molecule has 1 aromatic heterocycles. The van der Waals surface area contributed by atoms with Gasteiger partial charge in [-0.2, -0.15) is 4.37 Å². The van der Waals surface area contributed by atoms with Gasteiger partial charge in [0.1, 0.15) is 10.8 Å². The highest BCUT2D eigenvalue weighted by Gasteiger charge is 2.16. The molecule has 0 aliphatic carbocycles. The molecule has 4 nitrogen and oxygen atoms in total. The SMILES string of the molecule is CC1CN(c2cc(N)ns2)CCCO1. The summed E-state index contributed by atoms with van der Waals surface area (Å²) in [5.74, 6) is 0.614. The Balaban J connectivity index is 2.08. The van der Waals surface area contributed by atoms with Gasteiger partial charge in [-0.15, -0.1) is 0 Å². The largest absolute Gasteiger partial charge is 0.383 e. The van der Waals surface area contributed by atoms with Crippen molar-refractivity contribution in [3.8, 4) is 0 Å². The first kappa shape index (κ1) is 9.73. The Labute approximate surface area is 87.8 Å². The maximum Gasteiger partial charge on any atom is 0.139 e. The molecule has 0 aromatic carbocycles. The maximum atomic E-state index is 5.60. The van der Waals surface area contributed by atoms with E-state index in [2.05, 4.69) is 16.2 Å². The molecule has 2 heterocycles. The zero-order chi connectivity index (χ0) is 9.97. The minimum Gasteiger partial charge on any atom is -0.383 e. The molecule has 1 saturated heterocycles. The van der Waals surface area contributed by atoms with Crippen LogP contribution in [0.15, 0.2) is 6.07 Å². The lowest BCUT2D eigenvalue weighted by molar-refractivity contribution is 0.0821. The van der Waals surface area contributed by atoms with Crippen molar-refractivity contribution >= 4 is 22.4 Å². The Morgan fingerprint density at radius 2 is 2.57 bits per heavy atom. The summed E-state index contributed by atoms with van der Waals surface area (Å²) >= 11 is 1.46. The number of hydrogen-bond acceptors (Lipinski definition) is 5. The van der Waals surface area contributed by atoms with Crippen molar-refractivity contribution in [1.82, 2.24) is 4.37 Å². The van der Waals surface area contributed by atoms with Crippen molar-refractivity contribution < 1.29 is 4.74 Å². The summed E-state index contributed by atoms with van der Waals surface area (Å²) in [5, 5.41) is 1.15. The molecule has 0 radical (unpaired) electrons. The van der Waals surface area contributed by atoms with Crippen LogP contribution in [0.1, 0.15) is 13.3 Å². The first-order chi connectivity index (χ1) is 6.75. The Bertz CT molecular complexity index is 302. The summed E-state index contributed by atoms with van der Waals surface area (Å²) in [5.41, 5.74) is 5.60. The molecule has 1 fully saturated rings. The summed E-state index contributed by atoms with van der Waals surface area (Å²) in [6.45, 7) is 4.92. The molecule has 1 unspecified atom stereocenters. The van der Waals surface area contributed by atoms with Crippen LogP contribution in [0.25, 0.3) is 0 Å². The molecule has 1 atom stereocenters. The Kier molecular flexibility index (Phi) is 2.88. The zero-order valence-electron chi connectivity index (χ0n) is 8.27. The van der Waals surface area contributed by atoms with Gasteiger partial charge in [0.2, 0.25) is 0 Å². The fraction of sp³-hybridized carbons (Fsp3) is 0.667. The number of rotatable bonds is 1. The fourth-order valence-corrected chi connectivity index (χ4v) is 2.33. The van der Waals surface area contributed by atoms with E-state index in [0.29, 0.717) is 11.9 Å². The minimum absolute atomic E-state index is 0.292. The van der Waals surface area contributed by atoms with Crippen LogP contribution in [-0.4, -0.2) is 30.2 Å². The average molecular weight is 213 g/mol. The van der Waals surface area contributed by atoms with Crippen LogP contribution < -0.4 is 10.6 Å². The van der Waals surface area contributed by atoms with Crippen LogP contribution in [-0.2, 0) is 4.74 Å². The predicted molar refractivity (Wildman–Crippen MR) is 58.8 cm³/mol. The third-order valence-corrected chi connectivity index (χ3v) is 3.15. The van der Waals surface area contributed by atoms with Crippen LogP contribution in [0.2, 0.25) is 0 Å². The van der Waals surface area contributed by atoms with E-state index >= 15 is 0 Å². The molecule has 0 amide bonds. The fourth-order valence-electron chi connectivity index (χ4n) is 1.62. The molecule has 1 aromatic rings. The van der Waals surface area contributed by atoms with Crippen LogP contribution >= 0.6 is 11.5 Å². The number of anilines is 2.